The van der Waals surface area contributed by atoms with E-state index in [0.717, 1.165) is 42.7 Å². The fourth-order valence-electron chi connectivity index (χ4n) is 3.69. The van der Waals surface area contributed by atoms with Crippen LogP contribution in [0.1, 0.15) is 61.7 Å². The van der Waals surface area contributed by atoms with E-state index in [0.29, 0.717) is 35.9 Å². The molecule has 1 heterocycles. The lowest BCUT2D eigenvalue weighted by molar-refractivity contribution is -0.137. The van der Waals surface area contributed by atoms with Crippen LogP contribution in [0.25, 0.3) is 11.1 Å². The number of pyridine rings is 1. The van der Waals surface area contributed by atoms with Gasteiger partial charge in [0.05, 0.1) is 18.2 Å². The normalized spacial score (nSPS) is 14.3. The number of benzene rings is 1. The van der Waals surface area contributed by atoms with Crippen LogP contribution in [0.15, 0.2) is 36.5 Å². The molecule has 0 radical (unpaired) electrons. The molecule has 0 atom stereocenters. The topological polar surface area (TPSA) is 100.0 Å². The first-order valence-electron chi connectivity index (χ1n) is 10.6. The zero-order valence-corrected chi connectivity index (χ0v) is 18.1. The highest BCUT2D eigenvalue weighted by Gasteiger charge is 2.26. The lowest BCUT2D eigenvalue weighted by Crippen LogP contribution is -2.38. The Hall–Kier alpha value is -2.64. The summed E-state index contributed by atoms with van der Waals surface area (Å²) in [6, 6.07) is 8.58. The van der Waals surface area contributed by atoms with E-state index in [1.807, 2.05) is 12.1 Å². The number of carboxylic acids is 1. The van der Waals surface area contributed by atoms with Gasteiger partial charge in [0.1, 0.15) is 0 Å². The number of amides is 1. The highest BCUT2D eigenvalue weighted by molar-refractivity contribution is 6.30. The number of rotatable bonds is 9. The molecule has 0 aliphatic heterocycles. The summed E-state index contributed by atoms with van der Waals surface area (Å²) in [6.07, 6.45) is 7.26. The Balaban J connectivity index is 1.80. The highest BCUT2D eigenvalue weighted by atomic mass is 35.5. The van der Waals surface area contributed by atoms with E-state index in [2.05, 4.69) is 4.98 Å². The molecule has 7 nitrogen and oxygen atoms in total. The van der Waals surface area contributed by atoms with E-state index in [1.54, 1.807) is 18.2 Å². The summed E-state index contributed by atoms with van der Waals surface area (Å²) in [4.78, 5) is 27.9. The number of aliphatic carboxylic acids is 1. The fourth-order valence-corrected chi connectivity index (χ4v) is 3.82. The van der Waals surface area contributed by atoms with Crippen LogP contribution in [0.3, 0.4) is 0 Å². The Bertz CT molecular complexity index is 897. The molecule has 1 aliphatic carbocycles. The molecule has 0 bridgehead atoms. The third-order valence-electron chi connectivity index (χ3n) is 5.41. The third-order valence-corrected chi connectivity index (χ3v) is 5.66. The minimum atomic E-state index is -0.839. The van der Waals surface area contributed by atoms with Crippen molar-refractivity contribution in [1.82, 2.24) is 10.0 Å². The molecule has 3 rings (SSSR count). The van der Waals surface area contributed by atoms with Gasteiger partial charge in [0.2, 0.25) is 5.88 Å². The molecule has 31 heavy (non-hydrogen) atoms. The maximum atomic E-state index is 12.9. The molecule has 1 amide bonds. The van der Waals surface area contributed by atoms with Gasteiger partial charge in [-0.25, -0.2) is 10.0 Å². The second kappa shape index (κ2) is 11.1. The number of hydroxylamine groups is 2. The first-order chi connectivity index (χ1) is 15.0. The zero-order chi connectivity index (χ0) is 22.2. The molecule has 1 saturated carbocycles. The predicted octanol–water partition coefficient (Wildman–Crippen LogP) is 5.20. The van der Waals surface area contributed by atoms with Crippen LogP contribution in [0.5, 0.6) is 5.88 Å². The van der Waals surface area contributed by atoms with E-state index in [1.165, 1.54) is 6.20 Å². The number of unbranched alkanes of at least 4 members (excludes halogenated alkanes) is 1. The van der Waals surface area contributed by atoms with Crippen molar-refractivity contribution < 1.29 is 24.6 Å². The van der Waals surface area contributed by atoms with Crippen LogP contribution < -0.4 is 4.74 Å². The summed E-state index contributed by atoms with van der Waals surface area (Å²) in [5.74, 6) is -0.978. The van der Waals surface area contributed by atoms with E-state index >= 15 is 0 Å². The van der Waals surface area contributed by atoms with E-state index < -0.39 is 11.9 Å². The average molecular weight is 447 g/mol. The van der Waals surface area contributed by atoms with Gasteiger partial charge in [0.15, 0.2) is 0 Å². The van der Waals surface area contributed by atoms with Crippen LogP contribution in [0.2, 0.25) is 5.02 Å². The predicted molar refractivity (Wildman–Crippen MR) is 116 cm³/mol. The van der Waals surface area contributed by atoms with Gasteiger partial charge in [-0.15, -0.1) is 0 Å². The summed E-state index contributed by atoms with van der Waals surface area (Å²) in [5.41, 5.74) is 1.66. The Morgan fingerprint density at radius 3 is 2.52 bits per heavy atom. The first kappa shape index (κ1) is 23.0. The van der Waals surface area contributed by atoms with Crippen molar-refractivity contribution in [1.29, 1.82) is 0 Å². The van der Waals surface area contributed by atoms with Gasteiger partial charge >= 0.3 is 5.97 Å². The number of halogens is 1. The summed E-state index contributed by atoms with van der Waals surface area (Å²) in [6.45, 7) is 0.308. The molecule has 8 heteroatoms. The maximum Gasteiger partial charge on any atom is 0.303 e. The fraction of sp³-hybridized carbons (Fsp3) is 0.435. The molecule has 1 aromatic heterocycles. The van der Waals surface area contributed by atoms with Gasteiger partial charge in [-0.3, -0.25) is 14.8 Å². The summed E-state index contributed by atoms with van der Waals surface area (Å²) in [5, 5.41) is 20.6. The smallest absolute Gasteiger partial charge is 0.303 e. The maximum absolute atomic E-state index is 12.9. The van der Waals surface area contributed by atoms with Gasteiger partial charge < -0.3 is 9.84 Å². The summed E-state index contributed by atoms with van der Waals surface area (Å²) >= 11 is 6.00. The largest absolute Gasteiger partial charge is 0.481 e. The van der Waals surface area contributed by atoms with Crippen molar-refractivity contribution in [2.75, 3.05) is 6.61 Å². The van der Waals surface area contributed by atoms with Gasteiger partial charge in [-0.05, 0) is 49.4 Å². The van der Waals surface area contributed by atoms with E-state index in [4.69, 9.17) is 21.4 Å². The molecule has 0 saturated heterocycles. The molecule has 0 unspecified atom stereocenters. The van der Waals surface area contributed by atoms with Crippen molar-refractivity contribution in [2.45, 2.75) is 57.4 Å². The molecule has 1 fully saturated rings. The van der Waals surface area contributed by atoms with Gasteiger partial charge in [0.25, 0.3) is 5.91 Å². The standard InChI is InChI=1S/C23H27ClN2O5/c24-18-11-9-16(10-12-18)20-14-17(23(29)26(30)19-6-2-1-3-7-19)15-25-22(20)31-13-5-4-8-21(27)28/h9-12,14-15,19,30H,1-8,13H2,(H,27,28). The third kappa shape index (κ3) is 6.42. The molecule has 0 spiro atoms. The Labute approximate surface area is 186 Å². The molecular formula is C23H27ClN2O5. The van der Waals surface area contributed by atoms with Crippen LogP contribution >= 0.6 is 11.6 Å². The van der Waals surface area contributed by atoms with Crippen molar-refractivity contribution in [3.8, 4) is 17.0 Å². The van der Waals surface area contributed by atoms with Crippen molar-refractivity contribution in [3.05, 3.63) is 47.1 Å². The summed E-state index contributed by atoms with van der Waals surface area (Å²) in [7, 11) is 0. The first-order valence-corrected chi connectivity index (χ1v) is 11.0. The molecular weight excluding hydrogens is 420 g/mol. The number of hydrogen-bond donors (Lipinski definition) is 2. The molecule has 166 valence electrons. The minimum absolute atomic E-state index is 0.0851. The quantitative estimate of drug-likeness (QED) is 0.312. The van der Waals surface area contributed by atoms with Gasteiger partial charge in [0, 0.05) is 23.2 Å². The lowest BCUT2D eigenvalue weighted by Gasteiger charge is -2.29. The van der Waals surface area contributed by atoms with Crippen molar-refractivity contribution >= 4 is 23.5 Å². The molecule has 2 N–H and O–H groups in total. The molecule has 1 aromatic carbocycles. The summed E-state index contributed by atoms with van der Waals surface area (Å²) < 4.78 is 5.79. The number of aromatic nitrogens is 1. The van der Waals surface area contributed by atoms with E-state index in [9.17, 15) is 14.8 Å². The van der Waals surface area contributed by atoms with Crippen LogP contribution in [-0.4, -0.2) is 44.9 Å². The van der Waals surface area contributed by atoms with Crippen molar-refractivity contribution in [2.24, 2.45) is 0 Å². The number of hydrogen-bond acceptors (Lipinski definition) is 5. The van der Waals surface area contributed by atoms with E-state index in [-0.39, 0.29) is 18.0 Å². The Morgan fingerprint density at radius 1 is 1.13 bits per heavy atom. The highest BCUT2D eigenvalue weighted by Crippen LogP contribution is 2.31. The molecule has 2 aromatic rings. The number of ether oxygens (including phenoxy) is 1. The minimum Gasteiger partial charge on any atom is -0.481 e. The number of carbonyl (C=O) groups excluding carboxylic acids is 1. The van der Waals surface area contributed by atoms with Gasteiger partial charge in [-0.1, -0.05) is 43.0 Å². The number of carbonyl (C=O) groups is 2. The SMILES string of the molecule is O=C(O)CCCCOc1ncc(C(=O)N(O)C2CCCCC2)cc1-c1ccc(Cl)cc1. The zero-order valence-electron chi connectivity index (χ0n) is 17.3. The van der Waals surface area contributed by atoms with Crippen LogP contribution in [0.4, 0.5) is 0 Å². The van der Waals surface area contributed by atoms with Gasteiger partial charge in [-0.2, -0.15) is 0 Å². The molecule has 1 aliphatic rings. The monoisotopic (exact) mass is 446 g/mol. The lowest BCUT2D eigenvalue weighted by atomic mass is 9.95. The average Bonchev–Trinajstić information content (AvgIpc) is 2.79. The van der Waals surface area contributed by atoms with Crippen LogP contribution in [0, 0.1) is 0 Å². The second-order valence-corrected chi connectivity index (χ2v) is 8.16. The number of nitrogens with zero attached hydrogens (tertiary/aromatic N) is 2. The number of carboxylic acid groups (broad SMARTS) is 1. The van der Waals surface area contributed by atoms with Crippen LogP contribution in [-0.2, 0) is 4.79 Å². The second-order valence-electron chi connectivity index (χ2n) is 7.72. The Morgan fingerprint density at radius 2 is 1.84 bits per heavy atom. The van der Waals surface area contributed by atoms with Crippen molar-refractivity contribution in [3.63, 3.8) is 0 Å². The Kier molecular flexibility index (Phi) is 8.26.